The number of nitrogens with two attached hydrogens (primary N) is 1. The molecule has 37 heavy (non-hydrogen) atoms. The monoisotopic (exact) mass is 539 g/mol. The summed E-state index contributed by atoms with van der Waals surface area (Å²) in [4.78, 5) is 14.1. The number of hydrogen-bond acceptors (Lipinski definition) is 11. The van der Waals surface area contributed by atoms with Gasteiger partial charge in [0.1, 0.15) is 36.2 Å². The Labute approximate surface area is 214 Å². The van der Waals surface area contributed by atoms with Gasteiger partial charge >= 0.3 is 7.82 Å². The second-order valence-corrected chi connectivity index (χ2v) is 11.0. The second-order valence-electron chi connectivity index (χ2n) is 9.53. The number of phosphoric acid groups is 1. The maximum Gasteiger partial charge on any atom is 0.472 e. The molecule has 1 aliphatic carbocycles. The zero-order chi connectivity index (χ0) is 26.6. The Morgan fingerprint density at radius 1 is 1.30 bits per heavy atom. The summed E-state index contributed by atoms with van der Waals surface area (Å²) >= 11 is 0. The molecule has 0 bridgehead atoms. The van der Waals surface area contributed by atoms with Gasteiger partial charge < -0.3 is 30.3 Å². The van der Waals surface area contributed by atoms with E-state index in [1.165, 1.54) is 36.2 Å². The summed E-state index contributed by atoms with van der Waals surface area (Å²) in [5, 5.41) is 35.4. The SMILES string of the molecule is CC[C@H](COP(=O)(O)OC[C@H]1O[C@@](C#N)(c2ccc3c(N)ncnn23)[C@@H](O)C1O)OCC1CCCCC1. The fraction of sp³-hybridized carbons (Fsp3) is 0.696. The lowest BCUT2D eigenvalue weighted by atomic mass is 9.90. The van der Waals surface area contributed by atoms with Gasteiger partial charge in [0.15, 0.2) is 5.82 Å². The van der Waals surface area contributed by atoms with Crippen LogP contribution in [0.25, 0.3) is 5.52 Å². The van der Waals surface area contributed by atoms with E-state index in [0.29, 0.717) is 24.5 Å². The van der Waals surface area contributed by atoms with Crippen LogP contribution in [0.15, 0.2) is 18.5 Å². The van der Waals surface area contributed by atoms with Crippen molar-refractivity contribution in [3.8, 4) is 6.07 Å². The fourth-order valence-electron chi connectivity index (χ4n) is 4.84. The number of phosphoric ester groups is 1. The van der Waals surface area contributed by atoms with E-state index in [4.69, 9.17) is 24.3 Å². The molecule has 6 atom stereocenters. The molecule has 0 radical (unpaired) electrons. The number of fused-ring (bicyclic) bond motifs is 1. The highest BCUT2D eigenvalue weighted by Crippen LogP contribution is 2.46. The molecule has 2 fully saturated rings. The first-order valence-electron chi connectivity index (χ1n) is 12.5. The van der Waals surface area contributed by atoms with Gasteiger partial charge in [-0.2, -0.15) is 10.4 Å². The van der Waals surface area contributed by atoms with E-state index in [0.717, 1.165) is 12.8 Å². The van der Waals surface area contributed by atoms with Crippen LogP contribution in [0.3, 0.4) is 0 Å². The topological polar surface area (TPSA) is 195 Å². The Kier molecular flexibility index (Phi) is 8.83. The Bertz CT molecular complexity index is 1150. The molecule has 2 aromatic rings. The molecule has 1 aliphatic heterocycles. The Morgan fingerprint density at radius 2 is 2.05 bits per heavy atom. The van der Waals surface area contributed by atoms with Crippen molar-refractivity contribution >= 4 is 19.2 Å². The first-order valence-corrected chi connectivity index (χ1v) is 14.0. The molecule has 14 heteroatoms. The number of nitrogens with zero attached hydrogens (tertiary/aromatic N) is 4. The molecule has 0 aromatic carbocycles. The lowest BCUT2D eigenvalue weighted by Gasteiger charge is -2.25. The van der Waals surface area contributed by atoms with Crippen LogP contribution in [-0.4, -0.2) is 73.9 Å². The molecule has 5 N–H and O–H groups in total. The molecule has 2 aliphatic rings. The largest absolute Gasteiger partial charge is 0.472 e. The Hall–Kier alpha value is -2.14. The lowest BCUT2D eigenvalue weighted by molar-refractivity contribution is -0.0659. The Balaban J connectivity index is 1.36. The molecule has 1 saturated carbocycles. The molecule has 13 nitrogen and oxygen atoms in total. The number of aliphatic hydroxyl groups is 2. The van der Waals surface area contributed by atoms with E-state index in [-0.39, 0.29) is 24.2 Å². The summed E-state index contributed by atoms with van der Waals surface area (Å²) in [6, 6.07) is 4.92. The first-order chi connectivity index (χ1) is 17.7. The summed E-state index contributed by atoms with van der Waals surface area (Å²) in [6.07, 6.45) is 2.65. The number of nitriles is 1. The van der Waals surface area contributed by atoms with Gasteiger partial charge in [-0.1, -0.05) is 26.2 Å². The third-order valence-electron chi connectivity index (χ3n) is 7.06. The molecule has 3 heterocycles. The van der Waals surface area contributed by atoms with Crippen molar-refractivity contribution in [3.63, 3.8) is 0 Å². The summed E-state index contributed by atoms with van der Waals surface area (Å²) < 4.78 is 35.6. The minimum atomic E-state index is -4.55. The minimum absolute atomic E-state index is 0.109. The van der Waals surface area contributed by atoms with Crippen LogP contribution in [0.4, 0.5) is 5.82 Å². The molecule has 0 spiro atoms. The molecule has 1 saturated heterocycles. The van der Waals surface area contributed by atoms with Crippen molar-refractivity contribution in [1.82, 2.24) is 14.6 Å². The molecule has 2 unspecified atom stereocenters. The number of rotatable bonds is 11. The van der Waals surface area contributed by atoms with Crippen molar-refractivity contribution in [1.29, 1.82) is 5.26 Å². The van der Waals surface area contributed by atoms with E-state index >= 15 is 0 Å². The molecule has 4 rings (SSSR count). The normalized spacial score (nSPS) is 29.2. The van der Waals surface area contributed by atoms with E-state index in [1.807, 2.05) is 13.0 Å². The predicted octanol–water partition coefficient (Wildman–Crippen LogP) is 1.66. The highest BCUT2D eigenvalue weighted by Gasteiger charge is 2.58. The molecular formula is C23H34N5O8P. The van der Waals surface area contributed by atoms with Gasteiger partial charge in [0.05, 0.1) is 25.0 Å². The van der Waals surface area contributed by atoms with Gasteiger partial charge in [0, 0.05) is 6.61 Å². The Morgan fingerprint density at radius 3 is 2.76 bits per heavy atom. The third kappa shape index (κ3) is 5.97. The molecular weight excluding hydrogens is 505 g/mol. The number of anilines is 1. The zero-order valence-corrected chi connectivity index (χ0v) is 21.6. The molecule has 0 amide bonds. The van der Waals surface area contributed by atoms with Gasteiger partial charge in [-0.3, -0.25) is 9.05 Å². The second kappa shape index (κ2) is 11.7. The number of nitrogen functional groups attached to an aromatic ring is 1. The van der Waals surface area contributed by atoms with Crippen LogP contribution in [-0.2, 0) is 28.7 Å². The van der Waals surface area contributed by atoms with Gasteiger partial charge in [0.25, 0.3) is 0 Å². The summed E-state index contributed by atoms with van der Waals surface area (Å²) in [5.41, 5.74) is 4.29. The standard InChI is InChI=1S/C23H34N5O8P/c1-2-16(33-10-15-6-4-3-5-7-15)11-34-37(31,32)35-12-18-20(29)21(30)23(13-24,36-18)19-9-8-17-22(25)26-14-27-28(17)19/h8-9,14-16,18,20-21,29-30H,2-7,10-12H2,1H3,(H,31,32)(H2,25,26,27)/t16-,18-,20?,21+,23+/m1/s1. The van der Waals surface area contributed by atoms with Crippen LogP contribution < -0.4 is 5.73 Å². The average Bonchev–Trinajstić information content (AvgIpc) is 3.44. The van der Waals surface area contributed by atoms with Crippen LogP contribution in [0.1, 0.15) is 51.1 Å². The van der Waals surface area contributed by atoms with Crippen molar-refractivity contribution < 1.29 is 38.2 Å². The van der Waals surface area contributed by atoms with E-state index < -0.39 is 38.3 Å². The van der Waals surface area contributed by atoms with Crippen LogP contribution in [0.2, 0.25) is 0 Å². The molecule has 2 aromatic heterocycles. The van der Waals surface area contributed by atoms with Crippen molar-refractivity contribution in [3.05, 3.63) is 24.2 Å². The predicted molar refractivity (Wildman–Crippen MR) is 130 cm³/mol. The summed E-state index contributed by atoms with van der Waals surface area (Å²) in [5.74, 6) is 0.641. The maximum atomic E-state index is 12.5. The van der Waals surface area contributed by atoms with Crippen LogP contribution >= 0.6 is 7.82 Å². The zero-order valence-electron chi connectivity index (χ0n) is 20.7. The van der Waals surface area contributed by atoms with Crippen molar-refractivity contribution in [2.45, 2.75) is 75.5 Å². The lowest BCUT2D eigenvalue weighted by Crippen LogP contribution is -2.41. The van der Waals surface area contributed by atoms with Crippen molar-refractivity contribution in [2.75, 3.05) is 25.6 Å². The van der Waals surface area contributed by atoms with Gasteiger partial charge in [-0.05, 0) is 37.3 Å². The van der Waals surface area contributed by atoms with Crippen LogP contribution in [0, 0.1) is 17.2 Å². The summed E-state index contributed by atoms with van der Waals surface area (Å²) in [6.45, 7) is 1.72. The van der Waals surface area contributed by atoms with Crippen molar-refractivity contribution in [2.24, 2.45) is 5.92 Å². The number of aromatic nitrogens is 3. The van der Waals surface area contributed by atoms with Crippen LogP contribution in [0.5, 0.6) is 0 Å². The van der Waals surface area contributed by atoms with E-state index in [9.17, 15) is 24.9 Å². The van der Waals surface area contributed by atoms with Gasteiger partial charge in [-0.15, -0.1) is 0 Å². The molecule has 204 valence electrons. The smallest absolute Gasteiger partial charge is 0.387 e. The van der Waals surface area contributed by atoms with E-state index in [1.54, 1.807) is 6.07 Å². The minimum Gasteiger partial charge on any atom is -0.387 e. The first kappa shape index (κ1) is 27.9. The number of ether oxygens (including phenoxy) is 2. The quantitative estimate of drug-likeness (QED) is 0.302. The number of aliphatic hydroxyl groups excluding tert-OH is 2. The average molecular weight is 540 g/mol. The fourth-order valence-corrected chi connectivity index (χ4v) is 5.61. The summed E-state index contributed by atoms with van der Waals surface area (Å²) in [7, 11) is -4.55. The number of hydrogen-bond donors (Lipinski definition) is 4. The van der Waals surface area contributed by atoms with Gasteiger partial charge in [0.2, 0.25) is 5.60 Å². The maximum absolute atomic E-state index is 12.5. The highest BCUT2D eigenvalue weighted by molar-refractivity contribution is 7.47. The highest BCUT2D eigenvalue weighted by atomic mass is 31.2. The third-order valence-corrected chi connectivity index (χ3v) is 8.01. The van der Waals surface area contributed by atoms with E-state index in [2.05, 4.69) is 10.1 Å². The van der Waals surface area contributed by atoms with Gasteiger partial charge in [-0.25, -0.2) is 14.1 Å².